The number of benzene rings is 1. The molecule has 0 radical (unpaired) electrons. The van der Waals surface area contributed by atoms with Crippen LogP contribution in [0.1, 0.15) is 6.42 Å². The molecule has 1 aromatic carbocycles. The second kappa shape index (κ2) is 8.21. The molecule has 0 aliphatic heterocycles. The van der Waals surface area contributed by atoms with Crippen molar-refractivity contribution in [3.8, 4) is 5.75 Å². The third-order valence-corrected chi connectivity index (χ3v) is 3.25. The maximum absolute atomic E-state index is 11.6. The molecule has 0 atom stereocenters. The van der Waals surface area contributed by atoms with E-state index in [9.17, 15) is 4.79 Å². The Kier molecular flexibility index (Phi) is 6.94. The van der Waals surface area contributed by atoms with E-state index in [2.05, 4.69) is 21.2 Å². The van der Waals surface area contributed by atoms with Crippen LogP contribution in [-0.4, -0.2) is 53.2 Å². The van der Waals surface area contributed by atoms with Gasteiger partial charge < -0.3 is 25.4 Å². The molecule has 0 spiro atoms. The molecule has 6 nitrogen and oxygen atoms in total. The SMILES string of the molecule is O=C(CCOc1ccc(Br)cc1)NC(CO)(CO)CO. The van der Waals surface area contributed by atoms with E-state index in [-0.39, 0.29) is 13.0 Å². The normalized spacial score (nSPS) is 11.2. The molecule has 0 bridgehead atoms. The molecule has 0 unspecified atom stereocenters. The van der Waals surface area contributed by atoms with Crippen LogP contribution >= 0.6 is 15.9 Å². The standard InChI is InChI=1S/C13H18BrNO5/c14-10-1-3-11(4-2-10)20-6-5-12(19)15-13(7-16,8-17)9-18/h1-4,16-18H,5-9H2,(H,15,19). The monoisotopic (exact) mass is 347 g/mol. The van der Waals surface area contributed by atoms with Gasteiger partial charge in [-0.05, 0) is 24.3 Å². The fourth-order valence-electron chi connectivity index (χ4n) is 1.42. The van der Waals surface area contributed by atoms with E-state index in [4.69, 9.17) is 20.1 Å². The maximum Gasteiger partial charge on any atom is 0.224 e. The summed E-state index contributed by atoms with van der Waals surface area (Å²) in [5.74, 6) is 0.220. The van der Waals surface area contributed by atoms with Crippen LogP contribution in [0.15, 0.2) is 28.7 Å². The number of hydrogen-bond acceptors (Lipinski definition) is 5. The van der Waals surface area contributed by atoms with Crippen LogP contribution in [-0.2, 0) is 4.79 Å². The molecule has 7 heteroatoms. The highest BCUT2D eigenvalue weighted by atomic mass is 79.9. The Bertz CT molecular complexity index is 411. The number of ether oxygens (including phenoxy) is 1. The summed E-state index contributed by atoms with van der Waals surface area (Å²) >= 11 is 3.30. The summed E-state index contributed by atoms with van der Waals surface area (Å²) in [6.07, 6.45) is 0.0534. The first-order valence-electron chi connectivity index (χ1n) is 6.07. The van der Waals surface area contributed by atoms with Crippen molar-refractivity contribution < 1.29 is 24.9 Å². The molecule has 0 aliphatic carbocycles. The average molecular weight is 348 g/mol. The lowest BCUT2D eigenvalue weighted by atomic mass is 10.0. The highest BCUT2D eigenvalue weighted by Gasteiger charge is 2.29. The molecule has 0 fully saturated rings. The molecule has 1 rings (SSSR count). The lowest BCUT2D eigenvalue weighted by Gasteiger charge is -2.28. The first-order valence-corrected chi connectivity index (χ1v) is 6.86. The Hall–Kier alpha value is -1.15. The first kappa shape index (κ1) is 16.9. The molecule has 112 valence electrons. The van der Waals surface area contributed by atoms with Crippen molar-refractivity contribution in [2.45, 2.75) is 12.0 Å². The minimum Gasteiger partial charge on any atom is -0.493 e. The Morgan fingerprint density at radius 2 is 1.70 bits per heavy atom. The van der Waals surface area contributed by atoms with Crippen LogP contribution in [0.3, 0.4) is 0 Å². The molecular weight excluding hydrogens is 330 g/mol. The van der Waals surface area contributed by atoms with Gasteiger partial charge in [0, 0.05) is 4.47 Å². The molecule has 1 aromatic rings. The first-order chi connectivity index (χ1) is 9.55. The molecule has 0 heterocycles. The van der Waals surface area contributed by atoms with E-state index >= 15 is 0 Å². The van der Waals surface area contributed by atoms with E-state index < -0.39 is 31.3 Å². The second-order valence-corrected chi connectivity index (χ2v) is 5.27. The predicted octanol–water partition coefficient (Wildman–Crippen LogP) is 0.0499. The number of nitrogens with one attached hydrogen (secondary N) is 1. The zero-order chi connectivity index (χ0) is 15.0. The highest BCUT2D eigenvalue weighted by Crippen LogP contribution is 2.16. The molecule has 0 aromatic heterocycles. The smallest absolute Gasteiger partial charge is 0.224 e. The Morgan fingerprint density at radius 1 is 1.15 bits per heavy atom. The summed E-state index contributed by atoms with van der Waals surface area (Å²) in [5.41, 5.74) is -1.39. The van der Waals surface area contributed by atoms with Crippen LogP contribution in [0.5, 0.6) is 5.75 Å². The van der Waals surface area contributed by atoms with Crippen LogP contribution in [0.25, 0.3) is 0 Å². The van der Waals surface area contributed by atoms with Gasteiger partial charge in [0.2, 0.25) is 5.91 Å². The van der Waals surface area contributed by atoms with E-state index in [0.717, 1.165) is 4.47 Å². The third kappa shape index (κ3) is 5.09. The summed E-state index contributed by atoms with van der Waals surface area (Å²) in [4.78, 5) is 11.6. The maximum atomic E-state index is 11.6. The van der Waals surface area contributed by atoms with E-state index in [1.807, 2.05) is 12.1 Å². The lowest BCUT2D eigenvalue weighted by molar-refractivity contribution is -0.125. The zero-order valence-electron chi connectivity index (χ0n) is 10.9. The van der Waals surface area contributed by atoms with Crippen LogP contribution < -0.4 is 10.1 Å². The second-order valence-electron chi connectivity index (χ2n) is 4.36. The van der Waals surface area contributed by atoms with Crippen LogP contribution in [0.4, 0.5) is 0 Å². The number of halogens is 1. The lowest BCUT2D eigenvalue weighted by Crippen LogP contribution is -2.57. The van der Waals surface area contributed by atoms with Gasteiger partial charge in [-0.1, -0.05) is 15.9 Å². The van der Waals surface area contributed by atoms with Gasteiger partial charge in [-0.3, -0.25) is 4.79 Å². The van der Waals surface area contributed by atoms with E-state index in [1.165, 1.54) is 0 Å². The predicted molar refractivity (Wildman–Crippen MR) is 76.4 cm³/mol. The fraction of sp³-hybridized carbons (Fsp3) is 0.462. The molecule has 0 saturated heterocycles. The summed E-state index contributed by atoms with van der Waals surface area (Å²) < 4.78 is 6.31. The minimum atomic E-state index is -1.39. The van der Waals surface area contributed by atoms with Gasteiger partial charge in [0.15, 0.2) is 0 Å². The highest BCUT2D eigenvalue weighted by molar-refractivity contribution is 9.10. The van der Waals surface area contributed by atoms with Gasteiger partial charge in [0.1, 0.15) is 11.3 Å². The quantitative estimate of drug-likeness (QED) is 0.532. The van der Waals surface area contributed by atoms with Gasteiger partial charge in [0.05, 0.1) is 32.8 Å². The number of rotatable bonds is 8. The minimum absolute atomic E-state index is 0.0534. The van der Waals surface area contributed by atoms with Gasteiger partial charge in [-0.15, -0.1) is 0 Å². The fourth-order valence-corrected chi connectivity index (χ4v) is 1.68. The van der Waals surface area contributed by atoms with Crippen molar-refractivity contribution in [2.75, 3.05) is 26.4 Å². The number of carbonyl (C=O) groups is 1. The zero-order valence-corrected chi connectivity index (χ0v) is 12.5. The van der Waals surface area contributed by atoms with Gasteiger partial charge in [0.25, 0.3) is 0 Å². The van der Waals surface area contributed by atoms with Crippen molar-refractivity contribution in [1.82, 2.24) is 5.32 Å². The Morgan fingerprint density at radius 3 is 2.20 bits per heavy atom. The Labute approximate surface area is 125 Å². The van der Waals surface area contributed by atoms with E-state index in [0.29, 0.717) is 5.75 Å². The summed E-state index contributed by atoms with van der Waals surface area (Å²) in [6, 6.07) is 7.18. The van der Waals surface area contributed by atoms with Gasteiger partial charge in [-0.25, -0.2) is 0 Å². The van der Waals surface area contributed by atoms with Gasteiger partial charge in [-0.2, -0.15) is 0 Å². The number of carbonyl (C=O) groups excluding carboxylic acids is 1. The number of amides is 1. The molecule has 1 amide bonds. The van der Waals surface area contributed by atoms with Crippen LogP contribution in [0, 0.1) is 0 Å². The molecule has 0 saturated carbocycles. The van der Waals surface area contributed by atoms with Crippen LogP contribution in [0.2, 0.25) is 0 Å². The number of aliphatic hydroxyl groups is 3. The van der Waals surface area contributed by atoms with Crippen molar-refractivity contribution in [2.24, 2.45) is 0 Å². The van der Waals surface area contributed by atoms with Crippen molar-refractivity contribution in [3.05, 3.63) is 28.7 Å². The largest absolute Gasteiger partial charge is 0.493 e. The topological polar surface area (TPSA) is 99.0 Å². The van der Waals surface area contributed by atoms with E-state index in [1.54, 1.807) is 12.1 Å². The summed E-state index contributed by atoms with van der Waals surface area (Å²) in [7, 11) is 0. The molecular formula is C13H18BrNO5. The summed E-state index contributed by atoms with van der Waals surface area (Å²) in [5, 5.41) is 29.7. The van der Waals surface area contributed by atoms with Crippen molar-refractivity contribution in [1.29, 1.82) is 0 Å². The average Bonchev–Trinajstić information content (AvgIpc) is 2.47. The molecule has 0 aliphatic rings. The third-order valence-electron chi connectivity index (χ3n) is 2.72. The Balaban J connectivity index is 2.38. The molecule has 4 N–H and O–H groups in total. The number of aliphatic hydroxyl groups excluding tert-OH is 3. The van der Waals surface area contributed by atoms with Crippen molar-refractivity contribution >= 4 is 21.8 Å². The van der Waals surface area contributed by atoms with Gasteiger partial charge >= 0.3 is 0 Å². The summed E-state index contributed by atoms with van der Waals surface area (Å²) in [6.45, 7) is -1.47. The number of hydrogen-bond donors (Lipinski definition) is 4. The van der Waals surface area contributed by atoms with Crippen molar-refractivity contribution in [3.63, 3.8) is 0 Å². The molecule has 20 heavy (non-hydrogen) atoms.